The number of hydrogen-bond acceptors (Lipinski definition) is 3. The van der Waals surface area contributed by atoms with Crippen molar-refractivity contribution in [3.8, 4) is 0 Å². The number of carbonyl (C=O) groups is 3. The van der Waals surface area contributed by atoms with Crippen molar-refractivity contribution < 1.29 is 19.5 Å². The molecule has 2 aliphatic heterocycles. The first-order chi connectivity index (χ1) is 8.40. The summed E-state index contributed by atoms with van der Waals surface area (Å²) in [6, 6.07) is 0.110. The molecule has 0 aromatic rings. The maximum absolute atomic E-state index is 12.1. The summed E-state index contributed by atoms with van der Waals surface area (Å²) in [6.45, 7) is 4.87. The Hall–Kier alpha value is -1.59. The Kier molecular flexibility index (Phi) is 3.28. The predicted molar refractivity (Wildman–Crippen MR) is 62.7 cm³/mol. The van der Waals surface area contributed by atoms with E-state index in [1.807, 2.05) is 13.8 Å². The van der Waals surface area contributed by atoms with Gasteiger partial charge in [-0.05, 0) is 13.8 Å². The van der Waals surface area contributed by atoms with E-state index in [1.54, 1.807) is 9.80 Å². The summed E-state index contributed by atoms with van der Waals surface area (Å²) in [4.78, 5) is 37.7. The minimum atomic E-state index is -0.856. The molecule has 100 valence electrons. The molecule has 1 atom stereocenters. The van der Waals surface area contributed by atoms with Gasteiger partial charge < -0.3 is 14.9 Å². The van der Waals surface area contributed by atoms with Crippen LogP contribution in [0.3, 0.4) is 0 Å². The molecule has 1 unspecified atom stereocenters. The van der Waals surface area contributed by atoms with Crippen molar-refractivity contribution in [2.75, 3.05) is 19.6 Å². The van der Waals surface area contributed by atoms with Gasteiger partial charge >= 0.3 is 5.97 Å². The van der Waals surface area contributed by atoms with Crippen LogP contribution in [0.25, 0.3) is 0 Å². The lowest BCUT2D eigenvalue weighted by molar-refractivity contribution is -0.154. The third kappa shape index (κ3) is 2.19. The van der Waals surface area contributed by atoms with E-state index in [1.165, 1.54) is 0 Å². The highest BCUT2D eigenvalue weighted by molar-refractivity contribution is 5.90. The second kappa shape index (κ2) is 4.59. The third-order valence-electron chi connectivity index (χ3n) is 3.67. The van der Waals surface area contributed by atoms with Gasteiger partial charge in [0.2, 0.25) is 11.8 Å². The van der Waals surface area contributed by atoms with Gasteiger partial charge in [-0.2, -0.15) is 0 Å². The van der Waals surface area contributed by atoms with E-state index >= 15 is 0 Å². The molecule has 6 heteroatoms. The Labute approximate surface area is 106 Å². The SMILES string of the molecule is CC(C)N1CC(C(=O)N2CC(C(=O)O)C2)CC1=O. The van der Waals surface area contributed by atoms with E-state index in [0.717, 1.165) is 0 Å². The zero-order valence-corrected chi connectivity index (χ0v) is 10.6. The minimum Gasteiger partial charge on any atom is -0.481 e. The predicted octanol–water partition coefficient (Wildman–Crippen LogP) is -0.214. The first kappa shape index (κ1) is 12.9. The average molecular weight is 254 g/mol. The number of likely N-dealkylation sites (tertiary alicyclic amines) is 2. The number of carbonyl (C=O) groups excluding carboxylic acids is 2. The molecule has 1 N–H and O–H groups in total. The zero-order valence-electron chi connectivity index (χ0n) is 10.6. The van der Waals surface area contributed by atoms with Gasteiger partial charge in [-0.3, -0.25) is 14.4 Å². The second-order valence-electron chi connectivity index (χ2n) is 5.32. The van der Waals surface area contributed by atoms with Gasteiger partial charge in [-0.15, -0.1) is 0 Å². The molecule has 18 heavy (non-hydrogen) atoms. The van der Waals surface area contributed by atoms with Gasteiger partial charge in [0.05, 0.1) is 11.8 Å². The highest BCUT2D eigenvalue weighted by Crippen LogP contribution is 2.25. The molecule has 0 aromatic carbocycles. The molecule has 0 spiro atoms. The van der Waals surface area contributed by atoms with Gasteiger partial charge in [-0.25, -0.2) is 0 Å². The molecule has 2 heterocycles. The molecule has 0 radical (unpaired) electrons. The van der Waals surface area contributed by atoms with Crippen molar-refractivity contribution in [2.45, 2.75) is 26.3 Å². The van der Waals surface area contributed by atoms with Gasteiger partial charge in [0.15, 0.2) is 0 Å². The largest absolute Gasteiger partial charge is 0.481 e. The van der Waals surface area contributed by atoms with E-state index < -0.39 is 11.9 Å². The number of nitrogens with zero attached hydrogens (tertiary/aromatic N) is 2. The summed E-state index contributed by atoms with van der Waals surface area (Å²) in [7, 11) is 0. The molecule has 6 nitrogen and oxygen atoms in total. The highest BCUT2D eigenvalue weighted by atomic mass is 16.4. The summed E-state index contributed by atoms with van der Waals surface area (Å²) in [6.07, 6.45) is 0.255. The summed E-state index contributed by atoms with van der Waals surface area (Å²) in [5.74, 6) is -1.66. The Morgan fingerprint density at radius 3 is 2.28 bits per heavy atom. The Bertz CT molecular complexity index is 388. The molecule has 0 bridgehead atoms. The summed E-state index contributed by atoms with van der Waals surface area (Å²) < 4.78 is 0. The van der Waals surface area contributed by atoms with E-state index in [9.17, 15) is 14.4 Å². The van der Waals surface area contributed by atoms with Crippen LogP contribution in [0.1, 0.15) is 20.3 Å². The first-order valence-corrected chi connectivity index (χ1v) is 6.21. The maximum Gasteiger partial charge on any atom is 0.310 e. The minimum absolute atomic E-state index is 0.0126. The number of amides is 2. The first-order valence-electron chi connectivity index (χ1n) is 6.21. The van der Waals surface area contributed by atoms with E-state index in [4.69, 9.17) is 5.11 Å². The maximum atomic E-state index is 12.1. The molecule has 2 aliphatic rings. The molecule has 2 saturated heterocycles. The third-order valence-corrected chi connectivity index (χ3v) is 3.67. The highest BCUT2D eigenvalue weighted by Gasteiger charge is 2.42. The summed E-state index contributed by atoms with van der Waals surface area (Å²) in [5.41, 5.74) is 0. The van der Waals surface area contributed by atoms with E-state index in [-0.39, 0.29) is 43.3 Å². The fraction of sp³-hybridized carbons (Fsp3) is 0.750. The van der Waals surface area contributed by atoms with Crippen molar-refractivity contribution in [1.29, 1.82) is 0 Å². The van der Waals surface area contributed by atoms with Crippen LogP contribution < -0.4 is 0 Å². The van der Waals surface area contributed by atoms with Crippen LogP contribution in [0.15, 0.2) is 0 Å². The quantitative estimate of drug-likeness (QED) is 0.755. The smallest absolute Gasteiger partial charge is 0.310 e. The molecule has 0 saturated carbocycles. The van der Waals surface area contributed by atoms with Gasteiger partial charge in [0, 0.05) is 32.1 Å². The number of carboxylic acids is 1. The van der Waals surface area contributed by atoms with Gasteiger partial charge in [-0.1, -0.05) is 0 Å². The lowest BCUT2D eigenvalue weighted by atomic mass is 9.97. The number of carboxylic acid groups (broad SMARTS) is 1. The van der Waals surface area contributed by atoms with Crippen LogP contribution in [-0.2, 0) is 14.4 Å². The molecular weight excluding hydrogens is 236 g/mol. The van der Waals surface area contributed by atoms with Crippen molar-refractivity contribution in [2.24, 2.45) is 11.8 Å². The fourth-order valence-corrected chi connectivity index (χ4v) is 2.47. The fourth-order valence-electron chi connectivity index (χ4n) is 2.47. The molecular formula is C12H18N2O4. The lowest BCUT2D eigenvalue weighted by Gasteiger charge is -2.38. The second-order valence-corrected chi connectivity index (χ2v) is 5.32. The Morgan fingerprint density at radius 1 is 1.22 bits per heavy atom. The number of rotatable bonds is 3. The summed E-state index contributed by atoms with van der Waals surface area (Å²) in [5, 5.41) is 8.75. The van der Waals surface area contributed by atoms with Gasteiger partial charge in [0.25, 0.3) is 0 Å². The average Bonchev–Trinajstić information content (AvgIpc) is 2.57. The number of hydrogen-bond donors (Lipinski definition) is 1. The Morgan fingerprint density at radius 2 is 1.83 bits per heavy atom. The molecule has 2 fully saturated rings. The summed E-state index contributed by atoms with van der Waals surface area (Å²) >= 11 is 0. The van der Waals surface area contributed by atoms with Crippen molar-refractivity contribution in [1.82, 2.24) is 9.80 Å². The number of aliphatic carboxylic acids is 1. The lowest BCUT2D eigenvalue weighted by Crippen LogP contribution is -2.55. The van der Waals surface area contributed by atoms with Crippen LogP contribution in [0.5, 0.6) is 0 Å². The Balaban J connectivity index is 1.89. The van der Waals surface area contributed by atoms with Gasteiger partial charge in [0.1, 0.15) is 0 Å². The van der Waals surface area contributed by atoms with Crippen LogP contribution >= 0.6 is 0 Å². The topological polar surface area (TPSA) is 77.9 Å². The van der Waals surface area contributed by atoms with Crippen molar-refractivity contribution in [3.63, 3.8) is 0 Å². The standard InChI is InChI=1S/C12H18N2O4/c1-7(2)14-6-8(3-10(14)15)11(16)13-4-9(5-13)12(17)18/h7-9H,3-6H2,1-2H3,(H,17,18). The van der Waals surface area contributed by atoms with Crippen LogP contribution in [-0.4, -0.2) is 58.4 Å². The van der Waals surface area contributed by atoms with Crippen molar-refractivity contribution in [3.05, 3.63) is 0 Å². The zero-order chi connectivity index (χ0) is 13.4. The monoisotopic (exact) mass is 254 g/mol. The molecule has 2 rings (SSSR count). The normalized spacial score (nSPS) is 24.6. The van der Waals surface area contributed by atoms with Crippen LogP contribution in [0.2, 0.25) is 0 Å². The molecule has 0 aromatic heterocycles. The van der Waals surface area contributed by atoms with Crippen molar-refractivity contribution >= 4 is 17.8 Å². The van der Waals surface area contributed by atoms with Crippen LogP contribution in [0.4, 0.5) is 0 Å². The van der Waals surface area contributed by atoms with E-state index in [2.05, 4.69) is 0 Å². The molecule has 0 aliphatic carbocycles. The molecule has 2 amide bonds. The van der Waals surface area contributed by atoms with Crippen LogP contribution in [0, 0.1) is 11.8 Å². The van der Waals surface area contributed by atoms with E-state index in [0.29, 0.717) is 6.54 Å².